The highest BCUT2D eigenvalue weighted by atomic mass is 35.5. The Bertz CT molecular complexity index is 314. The number of aliphatic hydroxyl groups is 2. The highest BCUT2D eigenvalue weighted by molar-refractivity contribution is 6.30. The quantitative estimate of drug-likeness (QED) is 0.415. The third-order valence-corrected chi connectivity index (χ3v) is 1.39. The Kier molecular flexibility index (Phi) is 12.9. The number of halogens is 1. The summed E-state index contributed by atoms with van der Waals surface area (Å²) in [5, 5.41) is 32.7. The van der Waals surface area contributed by atoms with Gasteiger partial charge in [0.2, 0.25) is 0 Å². The number of nitro groups is 1. The molecule has 0 unspecified atom stereocenters. The first-order valence-electron chi connectivity index (χ1n) is 4.23. The molecule has 1 rings (SSSR count). The first kappa shape index (κ1) is 17.7. The van der Waals surface area contributed by atoms with Gasteiger partial charge in [-0.05, 0) is 12.1 Å². The molecule has 3 N–H and O–H groups in total. The number of aliphatic hydroxyl groups excluding tert-OH is 2. The van der Waals surface area contributed by atoms with E-state index in [4.69, 9.17) is 31.7 Å². The minimum Gasteiger partial charge on any atom is -0.483 e. The lowest BCUT2D eigenvalue weighted by molar-refractivity contribution is -0.384. The molecule has 0 amide bonds. The van der Waals surface area contributed by atoms with E-state index in [1.807, 2.05) is 0 Å². The van der Waals surface area contributed by atoms with Gasteiger partial charge in [0.05, 0.1) is 18.1 Å². The van der Waals surface area contributed by atoms with Crippen molar-refractivity contribution in [1.82, 2.24) is 0 Å². The van der Waals surface area contributed by atoms with Gasteiger partial charge in [-0.1, -0.05) is 11.6 Å². The topological polar surface area (TPSA) is 121 Å². The molecule has 17 heavy (non-hydrogen) atoms. The van der Waals surface area contributed by atoms with E-state index in [2.05, 4.69) is 0 Å². The van der Waals surface area contributed by atoms with Crippen LogP contribution in [0.4, 0.5) is 5.69 Å². The molecule has 1 aromatic carbocycles. The zero-order chi connectivity index (χ0) is 13.7. The number of nitrogens with zero attached hydrogens (tertiary/aromatic N) is 1. The molecule has 96 valence electrons. The van der Waals surface area contributed by atoms with Crippen molar-refractivity contribution in [2.24, 2.45) is 0 Å². The Labute approximate surface area is 102 Å². The fourth-order valence-electron chi connectivity index (χ4n) is 0.563. The van der Waals surface area contributed by atoms with Crippen LogP contribution in [0, 0.1) is 10.1 Å². The largest absolute Gasteiger partial charge is 0.483 e. The Balaban J connectivity index is 0. The number of benzene rings is 1. The maximum absolute atomic E-state index is 10.1. The van der Waals surface area contributed by atoms with Crippen LogP contribution in [0.25, 0.3) is 0 Å². The van der Waals surface area contributed by atoms with Gasteiger partial charge in [-0.3, -0.25) is 14.9 Å². The van der Waals surface area contributed by atoms with Crippen molar-refractivity contribution < 1.29 is 25.0 Å². The summed E-state index contributed by atoms with van der Waals surface area (Å²) in [6.07, 6.45) is 0. The number of rotatable bonds is 2. The zero-order valence-electron chi connectivity index (χ0n) is 8.69. The van der Waals surface area contributed by atoms with Crippen LogP contribution in [0.1, 0.15) is 0 Å². The smallest absolute Gasteiger partial charge is 0.290 e. The van der Waals surface area contributed by atoms with E-state index in [1.54, 1.807) is 0 Å². The van der Waals surface area contributed by atoms with Crippen LogP contribution in [0.2, 0.25) is 5.02 Å². The number of carboxylic acid groups (broad SMARTS) is 1. The molecule has 0 aliphatic carbocycles. The Morgan fingerprint density at radius 3 is 1.82 bits per heavy atom. The van der Waals surface area contributed by atoms with Crippen LogP contribution >= 0.6 is 11.6 Å². The first-order chi connectivity index (χ1) is 8.03. The summed E-state index contributed by atoms with van der Waals surface area (Å²) in [5.74, 6) is 0. The molecule has 0 fully saturated rings. The van der Waals surface area contributed by atoms with E-state index in [0.717, 1.165) is 0 Å². The average molecular weight is 266 g/mol. The van der Waals surface area contributed by atoms with Crippen molar-refractivity contribution in [2.75, 3.05) is 13.2 Å². The summed E-state index contributed by atoms with van der Waals surface area (Å²) in [6, 6.07) is 5.70. The van der Waals surface area contributed by atoms with Crippen LogP contribution in [-0.2, 0) is 4.79 Å². The molecule has 0 saturated heterocycles. The summed E-state index contributed by atoms with van der Waals surface area (Å²) >= 11 is 5.49. The zero-order valence-corrected chi connectivity index (χ0v) is 9.45. The molecule has 0 aliphatic heterocycles. The van der Waals surface area contributed by atoms with E-state index in [0.29, 0.717) is 5.02 Å². The van der Waals surface area contributed by atoms with E-state index in [1.165, 1.54) is 24.3 Å². The Morgan fingerprint density at radius 1 is 1.24 bits per heavy atom. The van der Waals surface area contributed by atoms with Gasteiger partial charge < -0.3 is 15.3 Å². The highest BCUT2D eigenvalue weighted by Crippen LogP contribution is 2.14. The lowest BCUT2D eigenvalue weighted by Gasteiger charge is -1.88. The maximum atomic E-state index is 10.1. The minimum atomic E-state index is -0.462. The van der Waals surface area contributed by atoms with Gasteiger partial charge in [-0.25, -0.2) is 0 Å². The van der Waals surface area contributed by atoms with Crippen LogP contribution in [0.3, 0.4) is 0 Å². The number of non-ortho nitro benzene ring substituents is 1. The molecule has 7 nitrogen and oxygen atoms in total. The van der Waals surface area contributed by atoms with E-state index < -0.39 is 4.92 Å². The summed E-state index contributed by atoms with van der Waals surface area (Å²) in [5.41, 5.74) is 0.0596. The van der Waals surface area contributed by atoms with Gasteiger partial charge in [0.15, 0.2) is 0 Å². The van der Waals surface area contributed by atoms with Gasteiger partial charge in [-0.15, -0.1) is 0 Å². The SMILES string of the molecule is O=CO.O=[N+]([O-])c1ccc(Cl)cc1.OCCO. The standard InChI is InChI=1S/C6H4ClNO2.C2H6O2.CH2O2/c7-5-1-3-6(4-2-5)8(9)10;3-1-2-4;2-1-3/h1-4H;3-4H,1-2H2;1H,(H,2,3). The van der Waals surface area contributed by atoms with Crippen molar-refractivity contribution in [1.29, 1.82) is 0 Å². The van der Waals surface area contributed by atoms with Gasteiger partial charge >= 0.3 is 0 Å². The van der Waals surface area contributed by atoms with Crippen LogP contribution in [-0.4, -0.2) is 39.9 Å². The van der Waals surface area contributed by atoms with Crippen LogP contribution < -0.4 is 0 Å². The number of carbonyl (C=O) groups is 1. The van der Waals surface area contributed by atoms with Crippen molar-refractivity contribution in [3.05, 3.63) is 39.4 Å². The average Bonchev–Trinajstić information content (AvgIpc) is 2.31. The lowest BCUT2D eigenvalue weighted by atomic mass is 10.3. The van der Waals surface area contributed by atoms with Gasteiger partial charge in [0.1, 0.15) is 0 Å². The van der Waals surface area contributed by atoms with Crippen molar-refractivity contribution in [3.63, 3.8) is 0 Å². The number of hydrogen-bond acceptors (Lipinski definition) is 5. The molecule has 8 heteroatoms. The number of nitro benzene ring substituents is 1. The first-order valence-corrected chi connectivity index (χ1v) is 4.60. The monoisotopic (exact) mass is 265 g/mol. The molecule has 0 radical (unpaired) electrons. The maximum Gasteiger partial charge on any atom is 0.290 e. The Hall–Kier alpha value is -1.70. The predicted molar refractivity (Wildman–Crippen MR) is 61.0 cm³/mol. The molecule has 0 aromatic heterocycles. The Morgan fingerprint density at radius 2 is 1.59 bits per heavy atom. The molecule has 1 aromatic rings. The molecule has 0 spiro atoms. The van der Waals surface area contributed by atoms with E-state index in [9.17, 15) is 10.1 Å². The highest BCUT2D eigenvalue weighted by Gasteiger charge is 2.01. The van der Waals surface area contributed by atoms with E-state index in [-0.39, 0.29) is 25.4 Å². The van der Waals surface area contributed by atoms with Crippen molar-refractivity contribution in [2.45, 2.75) is 0 Å². The summed E-state index contributed by atoms with van der Waals surface area (Å²) < 4.78 is 0. The molecule has 0 aliphatic rings. The molecular weight excluding hydrogens is 254 g/mol. The minimum absolute atomic E-state index is 0.0596. The normalized spacial score (nSPS) is 7.94. The second-order valence-electron chi connectivity index (χ2n) is 2.29. The third-order valence-electron chi connectivity index (χ3n) is 1.14. The molecule has 0 atom stereocenters. The van der Waals surface area contributed by atoms with Crippen molar-refractivity contribution in [3.8, 4) is 0 Å². The summed E-state index contributed by atoms with van der Waals surface area (Å²) in [6.45, 7) is -0.500. The fourth-order valence-corrected chi connectivity index (χ4v) is 0.689. The number of hydrogen-bond donors (Lipinski definition) is 3. The second-order valence-corrected chi connectivity index (χ2v) is 2.72. The molecular formula is C9H12ClNO6. The van der Waals surface area contributed by atoms with Crippen molar-refractivity contribution >= 4 is 23.8 Å². The van der Waals surface area contributed by atoms with Crippen LogP contribution in [0.15, 0.2) is 24.3 Å². The van der Waals surface area contributed by atoms with Gasteiger partial charge in [0, 0.05) is 17.2 Å². The lowest BCUT2D eigenvalue weighted by Crippen LogP contribution is -1.85. The predicted octanol–water partition coefficient (Wildman–Crippen LogP) is 0.920. The summed E-state index contributed by atoms with van der Waals surface area (Å²) in [7, 11) is 0. The summed E-state index contributed by atoms with van der Waals surface area (Å²) in [4.78, 5) is 18.0. The van der Waals surface area contributed by atoms with Crippen LogP contribution in [0.5, 0.6) is 0 Å². The van der Waals surface area contributed by atoms with Gasteiger partial charge in [-0.2, -0.15) is 0 Å². The molecule has 0 heterocycles. The molecule has 0 bridgehead atoms. The molecule has 0 saturated carbocycles. The second kappa shape index (κ2) is 12.4. The fraction of sp³-hybridized carbons (Fsp3) is 0.222. The van der Waals surface area contributed by atoms with E-state index >= 15 is 0 Å². The third kappa shape index (κ3) is 12.2. The van der Waals surface area contributed by atoms with Gasteiger partial charge in [0.25, 0.3) is 12.2 Å².